The maximum Gasteiger partial charge on any atom is 0.330 e. The summed E-state index contributed by atoms with van der Waals surface area (Å²) in [4.78, 5) is 24.6. The minimum atomic E-state index is -1.04. The number of aromatic amines is 1. The fraction of sp³-hybridized carbons (Fsp3) is 0.667. The van der Waals surface area contributed by atoms with Gasteiger partial charge in [-0.25, -0.2) is 4.79 Å². The number of aromatic nitrogens is 2. The smallest absolute Gasteiger partial charge is 0.330 e. The monoisotopic (exact) mass is 286 g/mol. The number of rotatable bonds is 1. The van der Waals surface area contributed by atoms with Crippen molar-refractivity contribution in [1.29, 1.82) is 0 Å². The van der Waals surface area contributed by atoms with Crippen LogP contribution in [0.1, 0.15) is 26.5 Å². The highest BCUT2D eigenvalue weighted by Gasteiger charge is 2.44. The SMILES string of the molecule is CC1(C)OC[C@H]2O[C@H](n3cc(F)c(=O)[nH]c3=O)C[C@H]2O1. The van der Waals surface area contributed by atoms with E-state index in [1.54, 1.807) is 13.8 Å². The molecule has 2 aliphatic rings. The fourth-order valence-corrected chi connectivity index (χ4v) is 2.50. The summed E-state index contributed by atoms with van der Waals surface area (Å²) in [6, 6.07) is 0. The molecule has 0 amide bonds. The zero-order valence-electron chi connectivity index (χ0n) is 11.1. The summed E-state index contributed by atoms with van der Waals surface area (Å²) in [7, 11) is 0. The summed E-state index contributed by atoms with van der Waals surface area (Å²) in [5.74, 6) is -1.73. The van der Waals surface area contributed by atoms with Gasteiger partial charge in [0.15, 0.2) is 5.79 Å². The first-order valence-corrected chi connectivity index (χ1v) is 6.34. The van der Waals surface area contributed by atoms with E-state index in [9.17, 15) is 14.0 Å². The molecule has 2 aliphatic heterocycles. The minimum absolute atomic E-state index is 0.231. The molecule has 3 atom stereocenters. The molecule has 20 heavy (non-hydrogen) atoms. The second-order valence-electron chi connectivity index (χ2n) is 5.38. The van der Waals surface area contributed by atoms with Crippen LogP contribution in [0.3, 0.4) is 0 Å². The van der Waals surface area contributed by atoms with E-state index in [0.717, 1.165) is 10.8 Å². The van der Waals surface area contributed by atoms with E-state index >= 15 is 0 Å². The van der Waals surface area contributed by atoms with Crippen molar-refractivity contribution in [2.75, 3.05) is 6.61 Å². The molecule has 110 valence electrons. The number of nitrogens with one attached hydrogen (secondary N) is 1. The third kappa shape index (κ3) is 2.30. The van der Waals surface area contributed by atoms with E-state index in [0.29, 0.717) is 13.0 Å². The molecule has 3 rings (SSSR count). The van der Waals surface area contributed by atoms with Gasteiger partial charge in [-0.2, -0.15) is 4.39 Å². The lowest BCUT2D eigenvalue weighted by molar-refractivity contribution is -0.293. The van der Waals surface area contributed by atoms with Gasteiger partial charge in [0.2, 0.25) is 5.82 Å². The van der Waals surface area contributed by atoms with Crippen molar-refractivity contribution in [2.24, 2.45) is 0 Å². The molecule has 0 saturated carbocycles. The molecule has 2 saturated heterocycles. The van der Waals surface area contributed by atoms with Crippen molar-refractivity contribution in [2.45, 2.75) is 44.5 Å². The molecule has 1 aromatic heterocycles. The molecule has 0 spiro atoms. The number of halogens is 1. The second-order valence-corrected chi connectivity index (χ2v) is 5.38. The lowest BCUT2D eigenvalue weighted by Gasteiger charge is -2.36. The predicted molar refractivity (Wildman–Crippen MR) is 64.7 cm³/mol. The molecule has 2 fully saturated rings. The molecule has 0 aromatic carbocycles. The second kappa shape index (κ2) is 4.51. The maximum absolute atomic E-state index is 13.3. The van der Waals surface area contributed by atoms with Crippen molar-refractivity contribution in [3.05, 3.63) is 32.9 Å². The highest BCUT2D eigenvalue weighted by Crippen LogP contribution is 2.36. The largest absolute Gasteiger partial charge is 0.349 e. The van der Waals surface area contributed by atoms with Gasteiger partial charge >= 0.3 is 5.69 Å². The zero-order valence-corrected chi connectivity index (χ0v) is 11.1. The zero-order chi connectivity index (χ0) is 14.5. The van der Waals surface area contributed by atoms with E-state index in [-0.39, 0.29) is 12.2 Å². The van der Waals surface area contributed by atoms with Crippen molar-refractivity contribution in [3.8, 4) is 0 Å². The van der Waals surface area contributed by atoms with E-state index in [4.69, 9.17) is 14.2 Å². The molecule has 3 heterocycles. The van der Waals surface area contributed by atoms with Crippen molar-refractivity contribution >= 4 is 0 Å². The maximum atomic E-state index is 13.3. The average molecular weight is 286 g/mol. The quantitative estimate of drug-likeness (QED) is 0.792. The Balaban J connectivity index is 1.86. The summed E-state index contributed by atoms with van der Waals surface area (Å²) in [6.45, 7) is 3.93. The van der Waals surface area contributed by atoms with Crippen molar-refractivity contribution in [1.82, 2.24) is 9.55 Å². The van der Waals surface area contributed by atoms with Crippen LogP contribution in [0.2, 0.25) is 0 Å². The summed E-state index contributed by atoms with van der Waals surface area (Å²) in [5.41, 5.74) is -1.75. The predicted octanol–water partition coefficient (Wildman–Crippen LogP) is 0.115. The molecule has 8 heteroatoms. The van der Waals surface area contributed by atoms with Gasteiger partial charge in [0, 0.05) is 6.42 Å². The highest BCUT2D eigenvalue weighted by atomic mass is 19.1. The van der Waals surface area contributed by atoms with E-state index in [2.05, 4.69) is 0 Å². The Labute approximate surface area is 113 Å². The lowest BCUT2D eigenvalue weighted by atomic mass is 10.1. The third-order valence-corrected chi connectivity index (χ3v) is 3.45. The Kier molecular flexibility index (Phi) is 3.03. The third-order valence-electron chi connectivity index (χ3n) is 3.45. The summed E-state index contributed by atoms with van der Waals surface area (Å²) < 4.78 is 31.2. The molecule has 1 N–H and O–H groups in total. The minimum Gasteiger partial charge on any atom is -0.349 e. The summed E-state index contributed by atoms with van der Waals surface area (Å²) >= 11 is 0. The number of hydrogen-bond acceptors (Lipinski definition) is 5. The van der Waals surface area contributed by atoms with Gasteiger partial charge < -0.3 is 14.2 Å². The van der Waals surface area contributed by atoms with Crippen LogP contribution < -0.4 is 11.2 Å². The Bertz CT molecular complexity index is 637. The Hall–Kier alpha value is -1.51. The van der Waals surface area contributed by atoms with Crippen molar-refractivity contribution in [3.63, 3.8) is 0 Å². The molecule has 0 aliphatic carbocycles. The van der Waals surface area contributed by atoms with Crippen LogP contribution in [0.25, 0.3) is 0 Å². The van der Waals surface area contributed by atoms with Gasteiger partial charge in [-0.1, -0.05) is 0 Å². The molecule has 0 unspecified atom stereocenters. The van der Waals surface area contributed by atoms with Gasteiger partial charge in [-0.05, 0) is 13.8 Å². The van der Waals surface area contributed by atoms with Crippen LogP contribution in [0.4, 0.5) is 4.39 Å². The van der Waals surface area contributed by atoms with Gasteiger partial charge in [-0.15, -0.1) is 0 Å². The van der Waals surface area contributed by atoms with Gasteiger partial charge in [-0.3, -0.25) is 14.3 Å². The number of fused-ring (bicyclic) bond motifs is 1. The van der Waals surface area contributed by atoms with E-state index in [1.165, 1.54) is 0 Å². The van der Waals surface area contributed by atoms with Gasteiger partial charge in [0.25, 0.3) is 5.56 Å². The Morgan fingerprint density at radius 1 is 1.40 bits per heavy atom. The summed E-state index contributed by atoms with van der Waals surface area (Å²) in [5, 5.41) is 0. The number of ether oxygens (including phenoxy) is 3. The molecule has 1 aromatic rings. The van der Waals surface area contributed by atoms with Gasteiger partial charge in [0.1, 0.15) is 12.3 Å². The fourth-order valence-electron chi connectivity index (χ4n) is 2.50. The number of hydrogen-bond donors (Lipinski definition) is 1. The van der Waals surface area contributed by atoms with E-state index < -0.39 is 29.1 Å². The van der Waals surface area contributed by atoms with Crippen LogP contribution in [0.5, 0.6) is 0 Å². The topological polar surface area (TPSA) is 82.5 Å². The number of nitrogens with zero attached hydrogens (tertiary/aromatic N) is 1. The van der Waals surface area contributed by atoms with Crippen LogP contribution in [0, 0.1) is 5.82 Å². The first kappa shape index (κ1) is 13.5. The molecular weight excluding hydrogens is 271 g/mol. The molecule has 7 nitrogen and oxygen atoms in total. The highest BCUT2D eigenvalue weighted by molar-refractivity contribution is 4.92. The summed E-state index contributed by atoms with van der Waals surface area (Å²) in [6.07, 6.45) is 0.0276. The standard InChI is InChI=1S/C12H15FN2O5/c1-12(2)18-5-8-7(20-12)3-9(19-8)15-4-6(13)10(16)14-11(15)17/h4,7-9H,3,5H2,1-2H3,(H,14,16,17)/t7-,8-,9+/m1/s1. The van der Waals surface area contributed by atoms with Crippen LogP contribution >= 0.6 is 0 Å². The van der Waals surface area contributed by atoms with Crippen LogP contribution in [0.15, 0.2) is 15.8 Å². The molecular formula is C12H15FN2O5. The first-order chi connectivity index (χ1) is 9.35. The molecule has 0 bridgehead atoms. The number of H-pyrrole nitrogens is 1. The normalized spacial score (nSPS) is 32.0. The molecule has 0 radical (unpaired) electrons. The lowest BCUT2D eigenvalue weighted by Crippen LogP contribution is -2.46. The van der Waals surface area contributed by atoms with Crippen LogP contribution in [-0.2, 0) is 14.2 Å². The van der Waals surface area contributed by atoms with Crippen molar-refractivity contribution < 1.29 is 18.6 Å². The average Bonchev–Trinajstić information content (AvgIpc) is 2.74. The van der Waals surface area contributed by atoms with Crippen LogP contribution in [-0.4, -0.2) is 34.2 Å². The Morgan fingerprint density at radius 2 is 2.15 bits per heavy atom. The first-order valence-electron chi connectivity index (χ1n) is 6.34. The van der Waals surface area contributed by atoms with E-state index in [1.807, 2.05) is 4.98 Å². The Morgan fingerprint density at radius 3 is 2.90 bits per heavy atom. The van der Waals surface area contributed by atoms with Gasteiger partial charge in [0.05, 0.1) is 18.9 Å².